The molecule has 0 bridgehead atoms. The highest BCUT2D eigenvalue weighted by Crippen LogP contribution is 2.02. The summed E-state index contributed by atoms with van der Waals surface area (Å²) in [4.78, 5) is 10.3. The van der Waals surface area contributed by atoms with Crippen molar-refractivity contribution in [2.24, 2.45) is 5.92 Å². The molecule has 0 radical (unpaired) electrons. The number of aldehydes is 1. The van der Waals surface area contributed by atoms with Crippen LogP contribution in [0.15, 0.2) is 11.8 Å². The summed E-state index contributed by atoms with van der Waals surface area (Å²) >= 11 is 0. The van der Waals surface area contributed by atoms with Crippen LogP contribution in [-0.2, 0) is 4.79 Å². The SMILES string of the molecule is CCCC(=CC=O)NCCC(C)C. The van der Waals surface area contributed by atoms with Gasteiger partial charge in [-0.05, 0) is 24.8 Å². The van der Waals surface area contributed by atoms with Crippen molar-refractivity contribution in [3.63, 3.8) is 0 Å². The summed E-state index contributed by atoms with van der Waals surface area (Å²) in [5.74, 6) is 0.714. The molecule has 0 aromatic carbocycles. The topological polar surface area (TPSA) is 29.1 Å². The standard InChI is InChI=1S/C11H21NO/c1-4-5-11(7-9-13)12-8-6-10(2)3/h7,9-10,12H,4-6,8H2,1-3H3. The van der Waals surface area contributed by atoms with Crippen LogP contribution in [-0.4, -0.2) is 12.8 Å². The molecule has 0 spiro atoms. The molecule has 0 fully saturated rings. The molecule has 0 unspecified atom stereocenters. The second-order valence-corrected chi connectivity index (χ2v) is 3.69. The molecule has 76 valence electrons. The Morgan fingerprint density at radius 3 is 2.62 bits per heavy atom. The first-order chi connectivity index (χ1) is 6.20. The van der Waals surface area contributed by atoms with Gasteiger partial charge in [-0.15, -0.1) is 0 Å². The van der Waals surface area contributed by atoms with Crippen LogP contribution in [0.25, 0.3) is 0 Å². The average Bonchev–Trinajstić information content (AvgIpc) is 2.04. The van der Waals surface area contributed by atoms with Crippen molar-refractivity contribution in [1.82, 2.24) is 5.32 Å². The number of carbonyl (C=O) groups excluding carboxylic acids is 1. The molecule has 13 heavy (non-hydrogen) atoms. The summed E-state index contributed by atoms with van der Waals surface area (Å²) in [6.45, 7) is 7.48. The Balaban J connectivity index is 3.69. The molecule has 2 heteroatoms. The Morgan fingerprint density at radius 1 is 1.46 bits per heavy atom. The maximum absolute atomic E-state index is 10.3. The maximum Gasteiger partial charge on any atom is 0.144 e. The molecule has 0 aromatic rings. The lowest BCUT2D eigenvalue weighted by molar-refractivity contribution is -0.104. The Kier molecular flexibility index (Phi) is 7.36. The van der Waals surface area contributed by atoms with E-state index in [-0.39, 0.29) is 0 Å². The van der Waals surface area contributed by atoms with E-state index in [1.165, 1.54) is 0 Å². The fraction of sp³-hybridized carbons (Fsp3) is 0.727. The van der Waals surface area contributed by atoms with E-state index < -0.39 is 0 Å². The molecule has 0 aliphatic heterocycles. The van der Waals surface area contributed by atoms with Crippen LogP contribution in [0.4, 0.5) is 0 Å². The zero-order chi connectivity index (χ0) is 10.1. The lowest BCUT2D eigenvalue weighted by Crippen LogP contribution is -2.16. The first-order valence-electron chi connectivity index (χ1n) is 5.08. The molecule has 0 heterocycles. The van der Waals surface area contributed by atoms with Crippen LogP contribution in [0, 0.1) is 5.92 Å². The number of nitrogens with one attached hydrogen (secondary N) is 1. The van der Waals surface area contributed by atoms with Crippen molar-refractivity contribution in [3.8, 4) is 0 Å². The second-order valence-electron chi connectivity index (χ2n) is 3.69. The zero-order valence-electron chi connectivity index (χ0n) is 8.97. The number of rotatable bonds is 7. The van der Waals surface area contributed by atoms with Gasteiger partial charge in [0.05, 0.1) is 0 Å². The molecule has 0 rings (SSSR count). The molecule has 0 saturated heterocycles. The highest BCUT2D eigenvalue weighted by atomic mass is 16.1. The normalized spacial score (nSPS) is 11.8. The monoisotopic (exact) mass is 183 g/mol. The van der Waals surface area contributed by atoms with Crippen molar-refractivity contribution in [2.45, 2.75) is 40.0 Å². The van der Waals surface area contributed by atoms with Gasteiger partial charge < -0.3 is 5.32 Å². The van der Waals surface area contributed by atoms with Gasteiger partial charge in [-0.1, -0.05) is 27.2 Å². The molecule has 2 nitrogen and oxygen atoms in total. The molecule has 0 saturated carbocycles. The van der Waals surface area contributed by atoms with Crippen LogP contribution in [0.3, 0.4) is 0 Å². The van der Waals surface area contributed by atoms with Gasteiger partial charge in [0.2, 0.25) is 0 Å². The Hall–Kier alpha value is -0.790. The molecule has 0 amide bonds. The van der Waals surface area contributed by atoms with Gasteiger partial charge in [0.15, 0.2) is 0 Å². The molecule has 0 aliphatic rings. The van der Waals surface area contributed by atoms with E-state index in [1.807, 2.05) is 0 Å². The van der Waals surface area contributed by atoms with Crippen molar-refractivity contribution < 1.29 is 4.79 Å². The summed E-state index contributed by atoms with van der Waals surface area (Å²) in [5, 5.41) is 3.28. The largest absolute Gasteiger partial charge is 0.388 e. The zero-order valence-corrected chi connectivity index (χ0v) is 8.97. The third-order valence-electron chi connectivity index (χ3n) is 1.86. The lowest BCUT2D eigenvalue weighted by Gasteiger charge is -2.10. The van der Waals surface area contributed by atoms with E-state index in [0.29, 0.717) is 5.92 Å². The fourth-order valence-electron chi connectivity index (χ4n) is 1.10. The first kappa shape index (κ1) is 12.2. The minimum Gasteiger partial charge on any atom is -0.388 e. The predicted octanol–water partition coefficient (Wildman–Crippen LogP) is 2.51. The first-order valence-corrected chi connectivity index (χ1v) is 5.08. The van der Waals surface area contributed by atoms with Gasteiger partial charge >= 0.3 is 0 Å². The van der Waals surface area contributed by atoms with Gasteiger partial charge in [0, 0.05) is 12.2 Å². The van der Waals surface area contributed by atoms with E-state index in [0.717, 1.165) is 37.8 Å². The van der Waals surface area contributed by atoms with Crippen LogP contribution >= 0.6 is 0 Å². The lowest BCUT2D eigenvalue weighted by atomic mass is 10.1. The second kappa shape index (κ2) is 7.84. The molecular weight excluding hydrogens is 162 g/mol. The van der Waals surface area contributed by atoms with E-state index in [4.69, 9.17) is 0 Å². The van der Waals surface area contributed by atoms with E-state index in [2.05, 4.69) is 26.1 Å². The molecule has 1 N–H and O–H groups in total. The minimum absolute atomic E-state index is 0.714. The van der Waals surface area contributed by atoms with Gasteiger partial charge in [0.1, 0.15) is 6.29 Å². The Labute approximate surface area is 81.4 Å². The Morgan fingerprint density at radius 2 is 2.15 bits per heavy atom. The highest BCUT2D eigenvalue weighted by Gasteiger charge is 1.96. The third-order valence-corrected chi connectivity index (χ3v) is 1.86. The predicted molar refractivity (Wildman–Crippen MR) is 56.5 cm³/mol. The van der Waals surface area contributed by atoms with Gasteiger partial charge in [-0.3, -0.25) is 4.79 Å². The Bertz CT molecular complexity index is 161. The molecule has 0 atom stereocenters. The number of hydrogen-bond donors (Lipinski definition) is 1. The number of allylic oxidation sites excluding steroid dienone is 2. The van der Waals surface area contributed by atoms with E-state index >= 15 is 0 Å². The van der Waals surface area contributed by atoms with E-state index in [9.17, 15) is 4.79 Å². The van der Waals surface area contributed by atoms with Gasteiger partial charge in [0.25, 0.3) is 0 Å². The van der Waals surface area contributed by atoms with E-state index in [1.54, 1.807) is 6.08 Å². The number of carbonyl (C=O) groups is 1. The fourth-order valence-corrected chi connectivity index (χ4v) is 1.10. The van der Waals surface area contributed by atoms with Crippen molar-refractivity contribution in [2.75, 3.05) is 6.54 Å². The average molecular weight is 183 g/mol. The van der Waals surface area contributed by atoms with Crippen molar-refractivity contribution in [1.29, 1.82) is 0 Å². The van der Waals surface area contributed by atoms with Crippen LogP contribution in [0.1, 0.15) is 40.0 Å². The summed E-state index contributed by atoms with van der Waals surface area (Å²) in [6, 6.07) is 0. The van der Waals surface area contributed by atoms with Gasteiger partial charge in [-0.25, -0.2) is 0 Å². The maximum atomic E-state index is 10.3. The number of hydrogen-bond acceptors (Lipinski definition) is 2. The van der Waals surface area contributed by atoms with Crippen molar-refractivity contribution in [3.05, 3.63) is 11.8 Å². The summed E-state index contributed by atoms with van der Waals surface area (Å²) in [6.07, 6.45) is 5.68. The molecule has 0 aromatic heterocycles. The summed E-state index contributed by atoms with van der Waals surface area (Å²) < 4.78 is 0. The van der Waals surface area contributed by atoms with Crippen LogP contribution in [0.5, 0.6) is 0 Å². The van der Waals surface area contributed by atoms with Crippen LogP contribution < -0.4 is 5.32 Å². The van der Waals surface area contributed by atoms with Gasteiger partial charge in [-0.2, -0.15) is 0 Å². The van der Waals surface area contributed by atoms with Crippen molar-refractivity contribution >= 4 is 6.29 Å². The van der Waals surface area contributed by atoms with Crippen LogP contribution in [0.2, 0.25) is 0 Å². The minimum atomic E-state index is 0.714. The third kappa shape index (κ3) is 7.57. The summed E-state index contributed by atoms with van der Waals surface area (Å²) in [7, 11) is 0. The molecule has 0 aliphatic carbocycles. The highest BCUT2D eigenvalue weighted by molar-refractivity contribution is 5.65. The quantitative estimate of drug-likeness (QED) is 0.485. The smallest absolute Gasteiger partial charge is 0.144 e. The summed E-state index contributed by atoms with van der Waals surface area (Å²) in [5.41, 5.74) is 1.07. The molecular formula is C11H21NO.